The Labute approximate surface area is 137 Å². The van der Waals surface area contributed by atoms with Gasteiger partial charge in [-0.3, -0.25) is 4.90 Å². The topological polar surface area (TPSA) is 54.0 Å². The second kappa shape index (κ2) is 8.02. The normalized spacial score (nSPS) is 20.7. The standard InChI is InChI=1S/C16H25ClN2O3/c1-4-22-16-13(17)7-12(8-15(16)21-3)14(10-20)19-6-5-18-11(2)9-19/h7-8,11,14,18,20H,4-6,9-10H2,1-3H3. The van der Waals surface area contributed by atoms with Crippen LogP contribution >= 0.6 is 11.6 Å². The van der Waals surface area contributed by atoms with E-state index < -0.39 is 0 Å². The molecule has 0 aromatic heterocycles. The van der Waals surface area contributed by atoms with Crippen molar-refractivity contribution in [2.45, 2.75) is 25.9 Å². The molecule has 0 aliphatic carbocycles. The Morgan fingerprint density at radius 1 is 1.50 bits per heavy atom. The van der Waals surface area contributed by atoms with Gasteiger partial charge in [-0.2, -0.15) is 0 Å². The number of aliphatic hydroxyl groups excluding tert-OH is 1. The van der Waals surface area contributed by atoms with Crippen LogP contribution in [-0.2, 0) is 0 Å². The van der Waals surface area contributed by atoms with Crippen LogP contribution < -0.4 is 14.8 Å². The van der Waals surface area contributed by atoms with Crippen LogP contribution in [0.4, 0.5) is 0 Å². The van der Waals surface area contributed by atoms with E-state index in [1.54, 1.807) is 7.11 Å². The number of aliphatic hydroxyl groups is 1. The average Bonchev–Trinajstić information content (AvgIpc) is 2.50. The average molecular weight is 329 g/mol. The third-order valence-corrected chi connectivity index (χ3v) is 4.22. The van der Waals surface area contributed by atoms with E-state index in [0.717, 1.165) is 25.2 Å². The SMILES string of the molecule is CCOc1c(Cl)cc(C(CO)N2CCNC(C)C2)cc1OC. The molecule has 0 spiro atoms. The molecule has 1 aromatic rings. The molecule has 1 aromatic carbocycles. The van der Waals surface area contributed by atoms with Crippen molar-refractivity contribution in [2.75, 3.05) is 40.0 Å². The highest BCUT2D eigenvalue weighted by atomic mass is 35.5. The summed E-state index contributed by atoms with van der Waals surface area (Å²) in [7, 11) is 1.60. The van der Waals surface area contributed by atoms with Crippen LogP contribution in [-0.4, -0.2) is 56.0 Å². The number of nitrogens with one attached hydrogen (secondary N) is 1. The van der Waals surface area contributed by atoms with Crippen molar-refractivity contribution >= 4 is 11.6 Å². The Morgan fingerprint density at radius 2 is 2.27 bits per heavy atom. The van der Waals surface area contributed by atoms with E-state index in [2.05, 4.69) is 17.1 Å². The summed E-state index contributed by atoms with van der Waals surface area (Å²) in [6.45, 7) is 7.31. The van der Waals surface area contributed by atoms with Crippen molar-refractivity contribution in [3.8, 4) is 11.5 Å². The molecule has 1 aliphatic heterocycles. The Morgan fingerprint density at radius 3 is 2.86 bits per heavy atom. The lowest BCUT2D eigenvalue weighted by atomic mass is 10.0. The molecule has 1 fully saturated rings. The molecule has 1 aliphatic rings. The number of hydrogen-bond donors (Lipinski definition) is 2. The Balaban J connectivity index is 2.30. The summed E-state index contributed by atoms with van der Waals surface area (Å²) in [6, 6.07) is 4.09. The molecule has 2 unspecified atom stereocenters. The van der Waals surface area contributed by atoms with Gasteiger partial charge < -0.3 is 19.9 Å². The van der Waals surface area contributed by atoms with E-state index >= 15 is 0 Å². The van der Waals surface area contributed by atoms with E-state index in [1.165, 1.54) is 0 Å². The number of piperazine rings is 1. The summed E-state index contributed by atoms with van der Waals surface area (Å²) in [5, 5.41) is 13.8. The summed E-state index contributed by atoms with van der Waals surface area (Å²) in [5.74, 6) is 1.16. The number of halogens is 1. The maximum Gasteiger partial charge on any atom is 0.179 e. The summed E-state index contributed by atoms with van der Waals surface area (Å²) in [6.07, 6.45) is 0. The van der Waals surface area contributed by atoms with Gasteiger partial charge in [0.1, 0.15) is 0 Å². The first-order chi connectivity index (χ1) is 10.6. The fraction of sp³-hybridized carbons (Fsp3) is 0.625. The molecule has 22 heavy (non-hydrogen) atoms. The minimum Gasteiger partial charge on any atom is -0.493 e. The van der Waals surface area contributed by atoms with Gasteiger partial charge in [0.05, 0.1) is 31.4 Å². The number of methoxy groups -OCH3 is 1. The van der Waals surface area contributed by atoms with Crippen LogP contribution in [0.5, 0.6) is 11.5 Å². The number of hydrogen-bond acceptors (Lipinski definition) is 5. The molecule has 5 nitrogen and oxygen atoms in total. The fourth-order valence-electron chi connectivity index (χ4n) is 2.89. The predicted octanol–water partition coefficient (Wildman–Crippen LogP) is 2.07. The lowest BCUT2D eigenvalue weighted by Gasteiger charge is -2.37. The minimum absolute atomic E-state index is 0.0418. The van der Waals surface area contributed by atoms with Crippen molar-refractivity contribution in [2.24, 2.45) is 0 Å². The molecule has 1 heterocycles. The highest BCUT2D eigenvalue weighted by Crippen LogP contribution is 2.39. The number of rotatable bonds is 6. The van der Waals surface area contributed by atoms with Crippen LogP contribution in [0.2, 0.25) is 5.02 Å². The van der Waals surface area contributed by atoms with Gasteiger partial charge in [0.2, 0.25) is 0 Å². The van der Waals surface area contributed by atoms with Gasteiger partial charge in [-0.05, 0) is 31.5 Å². The monoisotopic (exact) mass is 328 g/mol. The molecule has 1 saturated heterocycles. The lowest BCUT2D eigenvalue weighted by Crippen LogP contribution is -2.50. The molecule has 0 saturated carbocycles. The Bertz CT molecular complexity index is 499. The summed E-state index contributed by atoms with van der Waals surface area (Å²) in [4.78, 5) is 2.27. The quantitative estimate of drug-likeness (QED) is 0.837. The van der Waals surface area contributed by atoms with E-state index in [1.807, 2.05) is 19.1 Å². The highest BCUT2D eigenvalue weighted by Gasteiger charge is 2.26. The maximum atomic E-state index is 9.87. The molecule has 6 heteroatoms. The van der Waals surface area contributed by atoms with Gasteiger partial charge in [-0.15, -0.1) is 0 Å². The van der Waals surface area contributed by atoms with Crippen LogP contribution in [0.3, 0.4) is 0 Å². The van der Waals surface area contributed by atoms with Crippen LogP contribution in [0.25, 0.3) is 0 Å². The lowest BCUT2D eigenvalue weighted by molar-refractivity contribution is 0.0961. The first-order valence-corrected chi connectivity index (χ1v) is 8.07. The molecule has 2 atom stereocenters. The van der Waals surface area contributed by atoms with E-state index in [-0.39, 0.29) is 12.6 Å². The first kappa shape index (κ1) is 17.3. The zero-order valence-corrected chi connectivity index (χ0v) is 14.2. The van der Waals surface area contributed by atoms with Gasteiger partial charge in [0, 0.05) is 25.7 Å². The molecular weight excluding hydrogens is 304 g/mol. The molecule has 0 amide bonds. The second-order valence-electron chi connectivity index (χ2n) is 5.52. The molecule has 0 radical (unpaired) electrons. The number of ether oxygens (including phenoxy) is 2. The van der Waals surface area contributed by atoms with E-state index in [0.29, 0.717) is 29.2 Å². The number of nitrogens with zero attached hydrogens (tertiary/aromatic N) is 1. The second-order valence-corrected chi connectivity index (χ2v) is 5.92. The van der Waals surface area contributed by atoms with Crippen molar-refractivity contribution in [3.63, 3.8) is 0 Å². The first-order valence-electron chi connectivity index (χ1n) is 7.69. The van der Waals surface area contributed by atoms with Gasteiger partial charge in [0.25, 0.3) is 0 Å². The van der Waals surface area contributed by atoms with Crippen LogP contribution in [0.15, 0.2) is 12.1 Å². The molecule has 124 valence electrons. The highest BCUT2D eigenvalue weighted by molar-refractivity contribution is 6.32. The third kappa shape index (κ3) is 3.84. The minimum atomic E-state index is -0.0911. The maximum absolute atomic E-state index is 9.87. The van der Waals surface area contributed by atoms with Crippen molar-refractivity contribution < 1.29 is 14.6 Å². The van der Waals surface area contributed by atoms with Crippen molar-refractivity contribution in [1.82, 2.24) is 10.2 Å². The largest absolute Gasteiger partial charge is 0.493 e. The van der Waals surface area contributed by atoms with Gasteiger partial charge in [-0.25, -0.2) is 0 Å². The molecule has 2 rings (SSSR count). The summed E-state index contributed by atoms with van der Waals surface area (Å²) in [5.41, 5.74) is 0.946. The summed E-state index contributed by atoms with van der Waals surface area (Å²) < 4.78 is 10.9. The molecular formula is C16H25ClN2O3. The van der Waals surface area contributed by atoms with Crippen LogP contribution in [0, 0.1) is 0 Å². The predicted molar refractivity (Wildman–Crippen MR) is 88.0 cm³/mol. The van der Waals surface area contributed by atoms with Crippen molar-refractivity contribution in [1.29, 1.82) is 0 Å². The third-order valence-electron chi connectivity index (χ3n) is 3.94. The fourth-order valence-corrected chi connectivity index (χ4v) is 3.17. The smallest absolute Gasteiger partial charge is 0.179 e. The van der Waals surface area contributed by atoms with Crippen molar-refractivity contribution in [3.05, 3.63) is 22.7 Å². The zero-order chi connectivity index (χ0) is 16.1. The Kier molecular flexibility index (Phi) is 6.32. The molecule has 2 N–H and O–H groups in total. The van der Waals surface area contributed by atoms with Crippen LogP contribution in [0.1, 0.15) is 25.5 Å². The van der Waals surface area contributed by atoms with Gasteiger partial charge in [-0.1, -0.05) is 11.6 Å². The van der Waals surface area contributed by atoms with Gasteiger partial charge >= 0.3 is 0 Å². The Hall–Kier alpha value is -1.01. The zero-order valence-electron chi connectivity index (χ0n) is 13.4. The number of benzene rings is 1. The van der Waals surface area contributed by atoms with Gasteiger partial charge in [0.15, 0.2) is 11.5 Å². The van der Waals surface area contributed by atoms with E-state index in [4.69, 9.17) is 21.1 Å². The summed E-state index contributed by atoms with van der Waals surface area (Å²) >= 11 is 6.34. The van der Waals surface area contributed by atoms with E-state index in [9.17, 15) is 5.11 Å². The molecule has 0 bridgehead atoms.